The van der Waals surface area contributed by atoms with E-state index in [-0.39, 0.29) is 17.0 Å². The number of hydrogen-bond donors (Lipinski definition) is 2. The zero-order chi connectivity index (χ0) is 17.3. The first-order chi connectivity index (χ1) is 11.5. The molecule has 1 aliphatic heterocycles. The van der Waals surface area contributed by atoms with Gasteiger partial charge in [-0.15, -0.1) is 0 Å². The van der Waals surface area contributed by atoms with Crippen LogP contribution in [0.25, 0.3) is 5.76 Å². The molecule has 1 amide bonds. The van der Waals surface area contributed by atoms with Crippen LogP contribution < -0.4 is 5.32 Å². The molecule has 0 unspecified atom stereocenters. The minimum atomic E-state index is -0.940. The molecule has 0 radical (unpaired) electrons. The Morgan fingerprint density at radius 2 is 1.79 bits per heavy atom. The fourth-order valence-corrected chi connectivity index (χ4v) is 2.59. The summed E-state index contributed by atoms with van der Waals surface area (Å²) >= 11 is 0. The van der Waals surface area contributed by atoms with Gasteiger partial charge < -0.3 is 10.4 Å². The number of amides is 1. The van der Waals surface area contributed by atoms with E-state index in [2.05, 4.69) is 5.32 Å². The van der Waals surface area contributed by atoms with E-state index in [4.69, 9.17) is 0 Å². The van der Waals surface area contributed by atoms with E-state index < -0.39 is 22.7 Å². The van der Waals surface area contributed by atoms with Crippen molar-refractivity contribution in [3.8, 4) is 0 Å². The van der Waals surface area contributed by atoms with Gasteiger partial charge in [0.15, 0.2) is 0 Å². The summed E-state index contributed by atoms with van der Waals surface area (Å²) in [5, 5.41) is 23.8. The Hall–Kier alpha value is -3.48. The average molecular weight is 324 g/mol. The SMILES string of the molecule is O=C1N[C@@H](c2cccc([N+](=O)[O-])c2)C(=C(O)c2ccccc2)C1=O. The van der Waals surface area contributed by atoms with Gasteiger partial charge in [0.1, 0.15) is 5.76 Å². The van der Waals surface area contributed by atoms with E-state index in [9.17, 15) is 24.8 Å². The standard InChI is InChI=1S/C17H12N2O5/c20-15(10-5-2-1-3-6-10)13-14(18-17(22)16(13)21)11-7-4-8-12(9-11)19(23)24/h1-9,14,20H,(H,18,22)/t14-/m0/s1. The van der Waals surface area contributed by atoms with Crippen LogP contribution in [0.5, 0.6) is 0 Å². The lowest BCUT2D eigenvalue weighted by Gasteiger charge is -2.13. The number of aliphatic hydroxyl groups excluding tert-OH is 1. The second-order valence-corrected chi connectivity index (χ2v) is 5.22. The van der Waals surface area contributed by atoms with Gasteiger partial charge in [0, 0.05) is 17.7 Å². The van der Waals surface area contributed by atoms with Gasteiger partial charge >= 0.3 is 0 Å². The van der Waals surface area contributed by atoms with Crippen molar-refractivity contribution in [2.75, 3.05) is 0 Å². The molecule has 2 N–H and O–H groups in total. The lowest BCUT2D eigenvalue weighted by atomic mass is 9.95. The largest absolute Gasteiger partial charge is 0.507 e. The lowest BCUT2D eigenvalue weighted by Crippen LogP contribution is -2.21. The number of hydrogen-bond acceptors (Lipinski definition) is 5. The highest BCUT2D eigenvalue weighted by Gasteiger charge is 2.39. The van der Waals surface area contributed by atoms with Crippen molar-refractivity contribution in [2.24, 2.45) is 0 Å². The molecule has 1 fully saturated rings. The van der Waals surface area contributed by atoms with Crippen molar-refractivity contribution < 1.29 is 19.6 Å². The Labute approximate surface area is 136 Å². The van der Waals surface area contributed by atoms with Gasteiger partial charge in [0.05, 0.1) is 16.5 Å². The zero-order valence-corrected chi connectivity index (χ0v) is 12.3. The van der Waals surface area contributed by atoms with Gasteiger partial charge in [-0.25, -0.2) is 0 Å². The number of aliphatic hydroxyl groups is 1. The number of rotatable bonds is 3. The van der Waals surface area contributed by atoms with Crippen LogP contribution in [0.4, 0.5) is 5.69 Å². The third-order valence-electron chi connectivity index (χ3n) is 3.73. The summed E-state index contributed by atoms with van der Waals surface area (Å²) in [5.41, 5.74) is 0.444. The lowest BCUT2D eigenvalue weighted by molar-refractivity contribution is -0.384. The minimum Gasteiger partial charge on any atom is -0.507 e. The first-order valence-corrected chi connectivity index (χ1v) is 7.07. The monoisotopic (exact) mass is 324 g/mol. The number of non-ortho nitro benzene ring substituents is 1. The number of nitro groups is 1. The van der Waals surface area contributed by atoms with Crippen molar-refractivity contribution in [1.82, 2.24) is 5.32 Å². The molecular formula is C17H12N2O5. The smallest absolute Gasteiger partial charge is 0.293 e. The highest BCUT2D eigenvalue weighted by Crippen LogP contribution is 2.33. The molecule has 24 heavy (non-hydrogen) atoms. The summed E-state index contributed by atoms with van der Waals surface area (Å²) in [6.07, 6.45) is 0. The van der Waals surface area contributed by atoms with Gasteiger partial charge in [-0.3, -0.25) is 19.7 Å². The highest BCUT2D eigenvalue weighted by atomic mass is 16.6. The molecule has 7 heteroatoms. The zero-order valence-electron chi connectivity index (χ0n) is 12.3. The second-order valence-electron chi connectivity index (χ2n) is 5.22. The van der Waals surface area contributed by atoms with Crippen molar-refractivity contribution in [1.29, 1.82) is 0 Å². The number of nitro benzene ring substituents is 1. The van der Waals surface area contributed by atoms with Crippen molar-refractivity contribution in [3.63, 3.8) is 0 Å². The number of Topliss-reactive ketones (excluding diaryl/α,β-unsaturated/α-hetero) is 1. The normalized spacial score (nSPS) is 19.1. The molecule has 0 saturated carbocycles. The molecule has 1 heterocycles. The maximum atomic E-state index is 12.2. The third kappa shape index (κ3) is 2.63. The Kier molecular flexibility index (Phi) is 3.83. The summed E-state index contributed by atoms with van der Waals surface area (Å²) in [4.78, 5) is 34.3. The van der Waals surface area contributed by atoms with Gasteiger partial charge in [0.25, 0.3) is 17.4 Å². The van der Waals surface area contributed by atoms with Crippen LogP contribution in [0.1, 0.15) is 17.2 Å². The Bertz CT molecular complexity index is 874. The first-order valence-electron chi connectivity index (χ1n) is 7.07. The highest BCUT2D eigenvalue weighted by molar-refractivity contribution is 6.46. The summed E-state index contributed by atoms with van der Waals surface area (Å²) in [6, 6.07) is 13.0. The molecule has 1 saturated heterocycles. The third-order valence-corrected chi connectivity index (χ3v) is 3.73. The molecule has 120 valence electrons. The average Bonchev–Trinajstić information content (AvgIpc) is 2.90. The number of nitrogens with one attached hydrogen (secondary N) is 1. The van der Waals surface area contributed by atoms with E-state index >= 15 is 0 Å². The molecule has 0 spiro atoms. The molecule has 2 aromatic rings. The first kappa shape index (κ1) is 15.4. The van der Waals surface area contributed by atoms with E-state index in [1.807, 2.05) is 0 Å². The van der Waals surface area contributed by atoms with Gasteiger partial charge in [-0.2, -0.15) is 0 Å². The summed E-state index contributed by atoms with van der Waals surface area (Å²) in [7, 11) is 0. The molecule has 3 rings (SSSR count). The molecular weight excluding hydrogens is 312 g/mol. The fraction of sp³-hybridized carbons (Fsp3) is 0.0588. The predicted octanol–water partition coefficient (Wildman–Crippen LogP) is 2.30. The van der Waals surface area contributed by atoms with Crippen molar-refractivity contribution in [3.05, 3.63) is 81.4 Å². The molecule has 7 nitrogen and oxygen atoms in total. The van der Waals surface area contributed by atoms with Crippen molar-refractivity contribution >= 4 is 23.1 Å². The Morgan fingerprint density at radius 1 is 1.08 bits per heavy atom. The molecule has 0 bridgehead atoms. The quantitative estimate of drug-likeness (QED) is 0.296. The van der Waals surface area contributed by atoms with E-state index in [1.165, 1.54) is 18.2 Å². The minimum absolute atomic E-state index is 0.119. The molecule has 0 aromatic heterocycles. The summed E-state index contributed by atoms with van der Waals surface area (Å²) in [5.74, 6) is -2.03. The van der Waals surface area contributed by atoms with Crippen LogP contribution >= 0.6 is 0 Å². The van der Waals surface area contributed by atoms with Crippen LogP contribution in [0, 0.1) is 10.1 Å². The van der Waals surface area contributed by atoms with Crippen LogP contribution in [0.3, 0.4) is 0 Å². The van der Waals surface area contributed by atoms with Crippen LogP contribution in [-0.4, -0.2) is 21.7 Å². The maximum Gasteiger partial charge on any atom is 0.293 e. The van der Waals surface area contributed by atoms with E-state index in [0.29, 0.717) is 11.1 Å². The van der Waals surface area contributed by atoms with Gasteiger partial charge in [-0.1, -0.05) is 42.5 Å². The number of nitrogens with zero attached hydrogens (tertiary/aromatic N) is 1. The predicted molar refractivity (Wildman–Crippen MR) is 85.0 cm³/mol. The topological polar surface area (TPSA) is 110 Å². The second kappa shape index (κ2) is 5.96. The van der Waals surface area contributed by atoms with Crippen LogP contribution in [0.15, 0.2) is 60.2 Å². The molecule has 1 atom stereocenters. The summed E-state index contributed by atoms with van der Waals surface area (Å²) in [6.45, 7) is 0. The summed E-state index contributed by atoms with van der Waals surface area (Å²) < 4.78 is 0. The van der Waals surface area contributed by atoms with E-state index in [0.717, 1.165) is 0 Å². The van der Waals surface area contributed by atoms with E-state index in [1.54, 1.807) is 36.4 Å². The number of carbonyl (C=O) groups is 2. The molecule has 1 aliphatic rings. The van der Waals surface area contributed by atoms with Crippen LogP contribution in [-0.2, 0) is 9.59 Å². The Balaban J connectivity index is 2.13. The Morgan fingerprint density at radius 3 is 2.46 bits per heavy atom. The number of carbonyl (C=O) groups excluding carboxylic acids is 2. The van der Waals surface area contributed by atoms with Crippen LogP contribution in [0.2, 0.25) is 0 Å². The van der Waals surface area contributed by atoms with Crippen molar-refractivity contribution in [2.45, 2.75) is 6.04 Å². The number of benzene rings is 2. The van der Waals surface area contributed by atoms with Gasteiger partial charge in [0.2, 0.25) is 0 Å². The molecule has 0 aliphatic carbocycles. The number of ketones is 1. The molecule has 2 aromatic carbocycles. The fourth-order valence-electron chi connectivity index (χ4n) is 2.59. The maximum absolute atomic E-state index is 12.2. The van der Waals surface area contributed by atoms with Gasteiger partial charge in [-0.05, 0) is 5.56 Å².